The van der Waals surface area contributed by atoms with E-state index in [9.17, 15) is 4.79 Å². The molecule has 0 bridgehead atoms. The summed E-state index contributed by atoms with van der Waals surface area (Å²) < 4.78 is 0. The summed E-state index contributed by atoms with van der Waals surface area (Å²) >= 11 is 3.29. The lowest BCUT2D eigenvalue weighted by Gasteiger charge is -1.94. The fourth-order valence-corrected chi connectivity index (χ4v) is 4.01. The molecule has 0 amide bonds. The second-order valence-electron chi connectivity index (χ2n) is 4.37. The Bertz CT molecular complexity index is 546. The van der Waals surface area contributed by atoms with E-state index in [0.717, 1.165) is 28.4 Å². The zero-order valence-corrected chi connectivity index (χ0v) is 11.3. The predicted octanol–water partition coefficient (Wildman–Crippen LogP) is 3.43. The molecule has 2 heterocycles. The quantitative estimate of drug-likeness (QED) is 0.794. The number of thiazole rings is 1. The number of ketones is 1. The van der Waals surface area contributed by atoms with Gasteiger partial charge in [0.1, 0.15) is 0 Å². The monoisotopic (exact) mass is 263 g/mol. The number of hydrogen-bond acceptors (Lipinski definition) is 4. The van der Waals surface area contributed by atoms with E-state index in [4.69, 9.17) is 0 Å². The molecule has 88 valence electrons. The largest absolute Gasteiger partial charge is 0.293 e. The van der Waals surface area contributed by atoms with Crippen molar-refractivity contribution in [3.8, 4) is 0 Å². The molecule has 4 heteroatoms. The molecule has 2 aromatic rings. The molecule has 0 radical (unpaired) electrons. The van der Waals surface area contributed by atoms with Gasteiger partial charge in [-0.15, -0.1) is 22.7 Å². The number of thiophene rings is 1. The summed E-state index contributed by atoms with van der Waals surface area (Å²) in [6.45, 7) is 1.97. The van der Waals surface area contributed by atoms with Crippen molar-refractivity contribution in [3.05, 3.63) is 37.5 Å². The molecule has 1 aliphatic rings. The van der Waals surface area contributed by atoms with Crippen LogP contribution < -0.4 is 0 Å². The van der Waals surface area contributed by atoms with E-state index >= 15 is 0 Å². The van der Waals surface area contributed by atoms with Crippen LogP contribution in [0.4, 0.5) is 0 Å². The third-order valence-electron chi connectivity index (χ3n) is 3.03. The summed E-state index contributed by atoms with van der Waals surface area (Å²) in [5.41, 5.74) is 2.30. The summed E-state index contributed by atoms with van der Waals surface area (Å²) in [6.07, 6.45) is 4.00. The molecule has 0 spiro atoms. The summed E-state index contributed by atoms with van der Waals surface area (Å²) in [7, 11) is 0. The van der Waals surface area contributed by atoms with Gasteiger partial charge in [0.25, 0.3) is 0 Å². The molecule has 17 heavy (non-hydrogen) atoms. The van der Waals surface area contributed by atoms with Crippen molar-refractivity contribution in [1.29, 1.82) is 0 Å². The maximum absolute atomic E-state index is 12.1. The van der Waals surface area contributed by atoms with Gasteiger partial charge < -0.3 is 0 Å². The second kappa shape index (κ2) is 4.35. The van der Waals surface area contributed by atoms with Gasteiger partial charge >= 0.3 is 0 Å². The van der Waals surface area contributed by atoms with E-state index in [-0.39, 0.29) is 5.78 Å². The first-order valence-electron chi connectivity index (χ1n) is 5.78. The molecule has 2 aromatic heterocycles. The van der Waals surface area contributed by atoms with Gasteiger partial charge in [0.2, 0.25) is 0 Å². The van der Waals surface area contributed by atoms with Crippen molar-refractivity contribution >= 4 is 28.5 Å². The Labute approximate surface area is 108 Å². The van der Waals surface area contributed by atoms with Crippen LogP contribution in [0.25, 0.3) is 0 Å². The number of nitrogens with zero attached hydrogens (tertiary/aromatic N) is 1. The number of aromatic nitrogens is 1. The molecular formula is C13H13NOS2. The Morgan fingerprint density at radius 2 is 2.35 bits per heavy atom. The Kier molecular flexibility index (Phi) is 2.84. The van der Waals surface area contributed by atoms with Crippen molar-refractivity contribution in [2.24, 2.45) is 0 Å². The van der Waals surface area contributed by atoms with Crippen LogP contribution in [0, 0.1) is 6.92 Å². The van der Waals surface area contributed by atoms with Gasteiger partial charge in [-0.05, 0) is 37.8 Å². The van der Waals surface area contributed by atoms with Crippen LogP contribution in [0.1, 0.15) is 37.2 Å². The van der Waals surface area contributed by atoms with E-state index < -0.39 is 0 Å². The Balaban J connectivity index is 1.77. The highest BCUT2D eigenvalue weighted by Crippen LogP contribution is 2.31. The highest BCUT2D eigenvalue weighted by Gasteiger charge is 2.18. The average Bonchev–Trinajstić information content (AvgIpc) is 2.92. The van der Waals surface area contributed by atoms with Crippen LogP contribution in [0.5, 0.6) is 0 Å². The van der Waals surface area contributed by atoms with Crippen molar-refractivity contribution in [1.82, 2.24) is 4.98 Å². The summed E-state index contributed by atoms with van der Waals surface area (Å²) in [5, 5.41) is 3.01. The molecule has 0 fully saturated rings. The third-order valence-corrected chi connectivity index (χ3v) is 5.13. The average molecular weight is 263 g/mol. The fourth-order valence-electron chi connectivity index (χ4n) is 2.21. The van der Waals surface area contributed by atoms with Gasteiger partial charge in [0.05, 0.1) is 22.0 Å². The minimum Gasteiger partial charge on any atom is -0.293 e. The van der Waals surface area contributed by atoms with Crippen LogP contribution >= 0.6 is 22.7 Å². The molecule has 0 aliphatic heterocycles. The minimum atomic E-state index is 0.217. The Hall–Kier alpha value is -1.00. The Morgan fingerprint density at radius 3 is 3.06 bits per heavy atom. The number of carbonyl (C=O) groups is 1. The van der Waals surface area contributed by atoms with Crippen LogP contribution in [0.15, 0.2) is 11.4 Å². The number of rotatable bonds is 3. The number of aryl methyl sites for hydroxylation is 3. The fraction of sp³-hybridized carbons (Fsp3) is 0.385. The van der Waals surface area contributed by atoms with Gasteiger partial charge in [0, 0.05) is 10.3 Å². The molecule has 3 rings (SSSR count). The smallest absolute Gasteiger partial charge is 0.178 e. The predicted molar refractivity (Wildman–Crippen MR) is 71.2 cm³/mol. The zero-order chi connectivity index (χ0) is 11.8. The van der Waals surface area contributed by atoms with Gasteiger partial charge in [-0.25, -0.2) is 4.98 Å². The van der Waals surface area contributed by atoms with Crippen LogP contribution in [0.2, 0.25) is 0 Å². The molecule has 0 saturated heterocycles. The normalized spacial score (nSPS) is 13.9. The van der Waals surface area contributed by atoms with Gasteiger partial charge in [-0.2, -0.15) is 0 Å². The lowest BCUT2D eigenvalue weighted by Crippen LogP contribution is -2.01. The van der Waals surface area contributed by atoms with Crippen molar-refractivity contribution in [2.45, 2.75) is 32.6 Å². The molecule has 0 atom stereocenters. The zero-order valence-electron chi connectivity index (χ0n) is 9.66. The van der Waals surface area contributed by atoms with Crippen molar-refractivity contribution in [3.63, 3.8) is 0 Å². The lowest BCUT2D eigenvalue weighted by atomic mass is 10.2. The van der Waals surface area contributed by atoms with Crippen molar-refractivity contribution < 1.29 is 4.79 Å². The van der Waals surface area contributed by atoms with E-state index in [1.54, 1.807) is 22.7 Å². The molecule has 0 unspecified atom stereocenters. The Morgan fingerprint density at radius 1 is 1.47 bits per heavy atom. The molecule has 2 nitrogen and oxygen atoms in total. The van der Waals surface area contributed by atoms with E-state index in [2.05, 4.69) is 11.1 Å². The summed E-state index contributed by atoms with van der Waals surface area (Å²) in [5.74, 6) is 0.217. The van der Waals surface area contributed by atoms with Crippen LogP contribution in [-0.4, -0.2) is 10.8 Å². The van der Waals surface area contributed by atoms with E-state index in [1.807, 2.05) is 12.3 Å². The molecule has 0 N–H and O–H groups in total. The molecule has 1 aliphatic carbocycles. The van der Waals surface area contributed by atoms with Gasteiger partial charge in [0.15, 0.2) is 5.78 Å². The SMILES string of the molecule is Cc1nc(CC(=O)c2cc3c(s2)CCC3)cs1. The second-order valence-corrected chi connectivity index (χ2v) is 6.57. The molecule has 0 saturated carbocycles. The third kappa shape index (κ3) is 2.19. The molecule has 0 aromatic carbocycles. The van der Waals surface area contributed by atoms with Crippen LogP contribution in [-0.2, 0) is 19.3 Å². The maximum Gasteiger partial charge on any atom is 0.178 e. The van der Waals surface area contributed by atoms with E-state index in [1.165, 1.54) is 16.9 Å². The molecular weight excluding hydrogens is 250 g/mol. The highest BCUT2D eigenvalue weighted by atomic mass is 32.1. The summed E-state index contributed by atoms with van der Waals surface area (Å²) in [6, 6.07) is 2.09. The van der Waals surface area contributed by atoms with Gasteiger partial charge in [-0.1, -0.05) is 0 Å². The summed E-state index contributed by atoms with van der Waals surface area (Å²) in [4.78, 5) is 18.8. The van der Waals surface area contributed by atoms with Crippen LogP contribution in [0.3, 0.4) is 0 Å². The first-order valence-corrected chi connectivity index (χ1v) is 7.48. The highest BCUT2D eigenvalue weighted by molar-refractivity contribution is 7.14. The van der Waals surface area contributed by atoms with E-state index in [0.29, 0.717) is 6.42 Å². The first-order chi connectivity index (χ1) is 8.22. The minimum absolute atomic E-state index is 0.217. The first kappa shape index (κ1) is 11.1. The van der Waals surface area contributed by atoms with Crippen molar-refractivity contribution in [2.75, 3.05) is 0 Å². The number of fused-ring (bicyclic) bond motifs is 1. The number of hydrogen-bond donors (Lipinski definition) is 0. The standard InChI is InChI=1S/C13H13NOS2/c1-8-14-10(7-16-8)6-11(15)13-5-9-3-2-4-12(9)17-13/h5,7H,2-4,6H2,1H3. The van der Waals surface area contributed by atoms with Gasteiger partial charge in [-0.3, -0.25) is 4.79 Å². The number of carbonyl (C=O) groups excluding carboxylic acids is 1. The lowest BCUT2D eigenvalue weighted by molar-refractivity contribution is 0.0996. The number of Topliss-reactive ketones (excluding diaryl/α,β-unsaturated/α-hetero) is 1. The topological polar surface area (TPSA) is 30.0 Å². The maximum atomic E-state index is 12.1.